The van der Waals surface area contributed by atoms with E-state index in [1.54, 1.807) is 0 Å². The first-order valence-electron chi connectivity index (χ1n) is 8.64. The van der Waals surface area contributed by atoms with Crippen LogP contribution >= 0.6 is 0 Å². The Hall–Kier alpha value is -3.48. The number of nitrogens with one attached hydrogen (secondary N) is 1. The minimum atomic E-state index is -0.392. The van der Waals surface area contributed by atoms with Crippen LogP contribution in [0.25, 0.3) is 16.6 Å². The number of para-hydroxylation sites is 1. The first-order chi connectivity index (χ1) is 12.9. The molecule has 4 aromatic rings. The second-order valence-corrected chi connectivity index (χ2v) is 6.77. The van der Waals surface area contributed by atoms with Crippen LogP contribution in [0.2, 0.25) is 0 Å². The fourth-order valence-corrected chi connectivity index (χ4v) is 3.32. The summed E-state index contributed by atoms with van der Waals surface area (Å²) in [7, 11) is 0. The van der Waals surface area contributed by atoms with Gasteiger partial charge in [-0.2, -0.15) is 0 Å². The number of aromatic nitrogens is 4. The maximum Gasteiger partial charge on any atom is 0.352 e. The standard InChI is InChI=1S/C20H19N5O2/c1-12-7-13(2)9-15(8-12)22-17(26)10-25-20(27)24-11-21-18-14(3)5-4-6-16(18)19(24)23-25/h4-9,11H,10H2,1-3H3,(H,22,26). The minimum Gasteiger partial charge on any atom is -0.324 e. The SMILES string of the molecule is Cc1cc(C)cc(NC(=O)Cn2nc3c4cccc(C)c4ncn3c2=O)c1. The number of fused-ring (bicyclic) bond motifs is 3. The van der Waals surface area contributed by atoms with Gasteiger partial charge in [0.1, 0.15) is 12.9 Å². The smallest absolute Gasteiger partial charge is 0.324 e. The van der Waals surface area contributed by atoms with Crippen molar-refractivity contribution in [1.29, 1.82) is 0 Å². The summed E-state index contributed by atoms with van der Waals surface area (Å²) in [5.41, 5.74) is 4.72. The Balaban J connectivity index is 1.68. The minimum absolute atomic E-state index is 0.166. The van der Waals surface area contributed by atoms with E-state index in [0.29, 0.717) is 11.3 Å². The Labute approximate surface area is 155 Å². The number of hydrogen-bond donors (Lipinski definition) is 1. The zero-order valence-corrected chi connectivity index (χ0v) is 15.4. The lowest BCUT2D eigenvalue weighted by atomic mass is 10.1. The number of nitrogens with zero attached hydrogens (tertiary/aromatic N) is 4. The molecule has 136 valence electrons. The van der Waals surface area contributed by atoms with E-state index in [4.69, 9.17) is 0 Å². The van der Waals surface area contributed by atoms with Gasteiger partial charge >= 0.3 is 5.69 Å². The van der Waals surface area contributed by atoms with Gasteiger partial charge in [0.2, 0.25) is 5.91 Å². The van der Waals surface area contributed by atoms with Gasteiger partial charge in [-0.05, 0) is 55.7 Å². The van der Waals surface area contributed by atoms with Gasteiger partial charge in [-0.15, -0.1) is 5.10 Å². The van der Waals surface area contributed by atoms with Crippen LogP contribution in [-0.4, -0.2) is 25.1 Å². The molecule has 7 heteroatoms. The van der Waals surface area contributed by atoms with Crippen LogP contribution in [0.1, 0.15) is 16.7 Å². The summed E-state index contributed by atoms with van der Waals surface area (Å²) in [6, 6.07) is 11.5. The molecule has 0 atom stereocenters. The Bertz CT molecular complexity index is 1230. The average Bonchev–Trinajstić information content (AvgIpc) is 2.90. The summed E-state index contributed by atoms with van der Waals surface area (Å²) in [5.74, 6) is -0.307. The highest BCUT2D eigenvalue weighted by atomic mass is 16.2. The van der Waals surface area contributed by atoms with Crippen LogP contribution in [-0.2, 0) is 11.3 Å². The Morgan fingerprint density at radius 3 is 2.59 bits per heavy atom. The summed E-state index contributed by atoms with van der Waals surface area (Å²) >= 11 is 0. The Morgan fingerprint density at radius 1 is 1.11 bits per heavy atom. The zero-order chi connectivity index (χ0) is 19.1. The summed E-state index contributed by atoms with van der Waals surface area (Å²) in [6.07, 6.45) is 1.46. The fraction of sp³-hybridized carbons (Fsp3) is 0.200. The van der Waals surface area contributed by atoms with Crippen LogP contribution in [0, 0.1) is 20.8 Å². The molecule has 0 aliphatic heterocycles. The molecule has 2 aromatic carbocycles. The summed E-state index contributed by atoms with van der Waals surface area (Å²) in [5, 5.41) is 7.97. The number of anilines is 1. The van der Waals surface area contributed by atoms with Crippen molar-refractivity contribution in [2.24, 2.45) is 0 Å². The highest BCUT2D eigenvalue weighted by Crippen LogP contribution is 2.18. The first-order valence-corrected chi connectivity index (χ1v) is 8.64. The number of hydrogen-bond acceptors (Lipinski definition) is 4. The van der Waals surface area contributed by atoms with Gasteiger partial charge in [-0.3, -0.25) is 4.79 Å². The van der Waals surface area contributed by atoms with E-state index >= 15 is 0 Å². The molecule has 2 aromatic heterocycles. The molecule has 0 saturated carbocycles. The van der Waals surface area contributed by atoms with Crippen molar-refractivity contribution in [1.82, 2.24) is 19.2 Å². The van der Waals surface area contributed by atoms with Gasteiger partial charge in [-0.1, -0.05) is 18.2 Å². The van der Waals surface area contributed by atoms with Crippen LogP contribution < -0.4 is 11.0 Å². The van der Waals surface area contributed by atoms with Gasteiger partial charge in [0, 0.05) is 11.1 Å². The van der Waals surface area contributed by atoms with Gasteiger partial charge < -0.3 is 5.32 Å². The highest BCUT2D eigenvalue weighted by Gasteiger charge is 2.14. The molecule has 2 heterocycles. The van der Waals surface area contributed by atoms with Crippen molar-refractivity contribution in [3.63, 3.8) is 0 Å². The molecule has 1 N–H and O–H groups in total. The lowest BCUT2D eigenvalue weighted by Gasteiger charge is -2.07. The highest BCUT2D eigenvalue weighted by molar-refractivity contribution is 5.93. The number of amides is 1. The Kier molecular flexibility index (Phi) is 3.99. The van der Waals surface area contributed by atoms with E-state index in [-0.39, 0.29) is 12.5 Å². The van der Waals surface area contributed by atoms with Crippen molar-refractivity contribution >= 4 is 28.1 Å². The van der Waals surface area contributed by atoms with Crippen molar-refractivity contribution in [3.05, 3.63) is 69.9 Å². The normalized spacial score (nSPS) is 11.2. The molecule has 0 saturated heterocycles. The van der Waals surface area contributed by atoms with Crippen LogP contribution in [0.4, 0.5) is 5.69 Å². The topological polar surface area (TPSA) is 81.3 Å². The molecular weight excluding hydrogens is 342 g/mol. The van der Waals surface area contributed by atoms with E-state index in [9.17, 15) is 9.59 Å². The molecule has 7 nitrogen and oxygen atoms in total. The molecule has 0 unspecified atom stereocenters. The molecule has 0 aliphatic carbocycles. The third-order valence-corrected chi connectivity index (χ3v) is 4.45. The van der Waals surface area contributed by atoms with Gasteiger partial charge in [0.05, 0.1) is 5.52 Å². The predicted molar refractivity (Wildman–Crippen MR) is 104 cm³/mol. The zero-order valence-electron chi connectivity index (χ0n) is 15.4. The maximum absolute atomic E-state index is 12.6. The van der Waals surface area contributed by atoms with Crippen molar-refractivity contribution in [3.8, 4) is 0 Å². The third-order valence-electron chi connectivity index (χ3n) is 4.45. The molecule has 0 aliphatic rings. The summed E-state index contributed by atoms with van der Waals surface area (Å²) in [4.78, 5) is 29.4. The molecule has 0 radical (unpaired) electrons. The third kappa shape index (κ3) is 3.08. The molecule has 27 heavy (non-hydrogen) atoms. The lowest BCUT2D eigenvalue weighted by Crippen LogP contribution is -2.28. The summed E-state index contributed by atoms with van der Waals surface area (Å²) in [6.45, 7) is 5.73. The average molecular weight is 361 g/mol. The molecule has 1 amide bonds. The van der Waals surface area contributed by atoms with E-state index in [1.165, 1.54) is 10.7 Å². The van der Waals surface area contributed by atoms with Gasteiger partial charge in [0.25, 0.3) is 0 Å². The molecule has 0 bridgehead atoms. The number of aryl methyl sites for hydroxylation is 3. The van der Waals surface area contributed by atoms with Gasteiger partial charge in [0.15, 0.2) is 5.65 Å². The summed E-state index contributed by atoms with van der Waals surface area (Å²) < 4.78 is 2.53. The second-order valence-electron chi connectivity index (χ2n) is 6.77. The molecule has 4 rings (SSSR count). The monoisotopic (exact) mass is 361 g/mol. The van der Waals surface area contributed by atoms with E-state index in [2.05, 4.69) is 15.4 Å². The number of rotatable bonds is 3. The largest absolute Gasteiger partial charge is 0.352 e. The van der Waals surface area contributed by atoms with Crippen molar-refractivity contribution in [2.45, 2.75) is 27.3 Å². The maximum atomic E-state index is 12.6. The number of benzene rings is 2. The van der Waals surface area contributed by atoms with E-state index < -0.39 is 5.69 Å². The predicted octanol–water partition coefficient (Wildman–Crippen LogP) is 2.61. The molecular formula is C20H19N5O2. The van der Waals surface area contributed by atoms with Gasteiger partial charge in [-0.25, -0.2) is 18.9 Å². The van der Waals surface area contributed by atoms with Crippen molar-refractivity contribution in [2.75, 3.05) is 5.32 Å². The second kappa shape index (κ2) is 6.35. The van der Waals surface area contributed by atoms with E-state index in [0.717, 1.165) is 32.3 Å². The molecule has 0 fully saturated rings. The number of carbonyl (C=O) groups is 1. The Morgan fingerprint density at radius 2 is 1.85 bits per heavy atom. The fourth-order valence-electron chi connectivity index (χ4n) is 3.32. The van der Waals surface area contributed by atoms with Crippen LogP contribution in [0.15, 0.2) is 47.5 Å². The van der Waals surface area contributed by atoms with E-state index in [1.807, 2.05) is 57.2 Å². The van der Waals surface area contributed by atoms with Crippen molar-refractivity contribution < 1.29 is 4.79 Å². The van der Waals surface area contributed by atoms with Crippen LogP contribution in [0.5, 0.6) is 0 Å². The quantitative estimate of drug-likeness (QED) is 0.608. The first kappa shape index (κ1) is 17.0. The van der Waals surface area contributed by atoms with Crippen LogP contribution in [0.3, 0.4) is 0 Å². The molecule has 0 spiro atoms. The number of carbonyl (C=O) groups excluding carboxylic acids is 1. The lowest BCUT2D eigenvalue weighted by molar-refractivity contribution is -0.117.